The maximum Gasteiger partial charge on any atom is 0.295 e. The van der Waals surface area contributed by atoms with Crippen molar-refractivity contribution in [1.82, 2.24) is 14.8 Å². The minimum Gasteiger partial charge on any atom is -0.317 e. The summed E-state index contributed by atoms with van der Waals surface area (Å²) < 4.78 is 15.6. The third-order valence-electron chi connectivity index (χ3n) is 3.38. The van der Waals surface area contributed by atoms with E-state index in [1.807, 2.05) is 30.3 Å². The highest BCUT2D eigenvalue weighted by Crippen LogP contribution is 2.26. The van der Waals surface area contributed by atoms with Crippen molar-refractivity contribution in [3.63, 3.8) is 0 Å². The van der Waals surface area contributed by atoms with Crippen LogP contribution in [0.5, 0.6) is 0 Å². The molecule has 0 atom stereocenters. The van der Waals surface area contributed by atoms with Gasteiger partial charge in [-0.15, -0.1) is 5.10 Å². The van der Waals surface area contributed by atoms with Crippen LogP contribution in [0.3, 0.4) is 0 Å². The number of amides is 1. The molecule has 0 aliphatic carbocycles. The van der Waals surface area contributed by atoms with Crippen LogP contribution in [0.4, 0.5) is 10.1 Å². The van der Waals surface area contributed by atoms with Gasteiger partial charge in [0.25, 0.3) is 5.91 Å². The first-order valence-electron chi connectivity index (χ1n) is 7.21. The third kappa shape index (κ3) is 3.65. The smallest absolute Gasteiger partial charge is 0.295 e. The van der Waals surface area contributed by atoms with Gasteiger partial charge in [-0.25, -0.2) is 14.1 Å². The fraction of sp³-hybridized carbons (Fsp3) is 0.0588. The van der Waals surface area contributed by atoms with E-state index < -0.39 is 11.7 Å². The summed E-state index contributed by atoms with van der Waals surface area (Å²) in [6, 6.07) is 13.9. The number of nitrogens with one attached hydrogen (secondary N) is 1. The number of hydrogen-bond acceptors (Lipinski definition) is 4. The molecule has 1 N–H and O–H groups in total. The Bertz CT molecular complexity index is 965. The summed E-state index contributed by atoms with van der Waals surface area (Å²) in [5.41, 5.74) is 0.847. The SMILES string of the molecule is N#Cc1ccc(NC(=O)c2ncn(Cc3ccccc3)n2)c(F)c1Cl. The Morgan fingerprint density at radius 3 is 2.76 bits per heavy atom. The van der Waals surface area contributed by atoms with E-state index in [-0.39, 0.29) is 22.1 Å². The van der Waals surface area contributed by atoms with Gasteiger partial charge in [-0.3, -0.25) is 4.79 Å². The number of nitrogens with zero attached hydrogens (tertiary/aromatic N) is 4. The predicted molar refractivity (Wildman–Crippen MR) is 89.6 cm³/mol. The van der Waals surface area contributed by atoms with E-state index in [2.05, 4.69) is 15.4 Å². The van der Waals surface area contributed by atoms with E-state index in [1.165, 1.54) is 23.1 Å². The van der Waals surface area contributed by atoms with Crippen molar-refractivity contribution in [3.05, 3.63) is 76.6 Å². The number of halogens is 2. The van der Waals surface area contributed by atoms with Crippen molar-refractivity contribution in [2.24, 2.45) is 0 Å². The van der Waals surface area contributed by atoms with E-state index in [1.54, 1.807) is 6.07 Å². The molecule has 0 fully saturated rings. The molecule has 0 bridgehead atoms. The van der Waals surface area contributed by atoms with Crippen LogP contribution >= 0.6 is 11.6 Å². The molecule has 0 spiro atoms. The molecule has 0 saturated carbocycles. The van der Waals surface area contributed by atoms with Crippen LogP contribution in [0.15, 0.2) is 48.8 Å². The van der Waals surface area contributed by atoms with E-state index in [9.17, 15) is 9.18 Å². The number of rotatable bonds is 4. The van der Waals surface area contributed by atoms with Gasteiger partial charge in [-0.05, 0) is 17.7 Å². The highest BCUT2D eigenvalue weighted by molar-refractivity contribution is 6.32. The molecule has 1 heterocycles. The molecular formula is C17H11ClFN5O. The van der Waals surface area contributed by atoms with Gasteiger partial charge in [0.05, 0.1) is 22.8 Å². The summed E-state index contributed by atoms with van der Waals surface area (Å²) in [7, 11) is 0. The molecule has 1 amide bonds. The molecule has 6 nitrogen and oxygen atoms in total. The molecule has 0 radical (unpaired) electrons. The van der Waals surface area contributed by atoms with Crippen molar-refractivity contribution in [1.29, 1.82) is 5.26 Å². The van der Waals surface area contributed by atoms with Crippen LogP contribution in [-0.2, 0) is 6.54 Å². The van der Waals surface area contributed by atoms with Gasteiger partial charge in [0.15, 0.2) is 5.82 Å². The highest BCUT2D eigenvalue weighted by atomic mass is 35.5. The zero-order valence-electron chi connectivity index (χ0n) is 12.8. The average Bonchev–Trinajstić information content (AvgIpc) is 3.09. The van der Waals surface area contributed by atoms with Crippen molar-refractivity contribution in [2.75, 3.05) is 5.32 Å². The number of anilines is 1. The Kier molecular flexibility index (Phi) is 4.73. The van der Waals surface area contributed by atoms with Crippen LogP contribution in [0.2, 0.25) is 5.02 Å². The van der Waals surface area contributed by atoms with Gasteiger partial charge in [0.1, 0.15) is 12.4 Å². The second kappa shape index (κ2) is 7.11. The van der Waals surface area contributed by atoms with E-state index in [0.717, 1.165) is 5.56 Å². The van der Waals surface area contributed by atoms with Gasteiger partial charge in [0, 0.05) is 0 Å². The maximum atomic E-state index is 14.1. The van der Waals surface area contributed by atoms with E-state index >= 15 is 0 Å². The van der Waals surface area contributed by atoms with Crippen molar-refractivity contribution in [3.8, 4) is 6.07 Å². The van der Waals surface area contributed by atoms with Crippen molar-refractivity contribution >= 4 is 23.2 Å². The Balaban J connectivity index is 1.75. The van der Waals surface area contributed by atoms with Gasteiger partial charge >= 0.3 is 0 Å². The van der Waals surface area contributed by atoms with Crippen molar-refractivity contribution < 1.29 is 9.18 Å². The van der Waals surface area contributed by atoms with Crippen LogP contribution in [0, 0.1) is 17.1 Å². The molecule has 0 aliphatic rings. The molecular weight excluding hydrogens is 345 g/mol. The Labute approximate surface area is 147 Å². The van der Waals surface area contributed by atoms with Crippen LogP contribution in [-0.4, -0.2) is 20.7 Å². The standard InChI is InChI=1S/C17H11ClFN5O/c18-14-12(8-20)6-7-13(15(14)19)22-17(25)16-21-10-24(23-16)9-11-4-2-1-3-5-11/h1-7,10H,9H2,(H,22,25). The number of carbonyl (C=O) groups is 1. The zero-order chi connectivity index (χ0) is 17.8. The lowest BCUT2D eigenvalue weighted by Crippen LogP contribution is -2.15. The summed E-state index contributed by atoms with van der Waals surface area (Å²) >= 11 is 5.74. The largest absolute Gasteiger partial charge is 0.317 e. The number of nitriles is 1. The summed E-state index contributed by atoms with van der Waals surface area (Å²) in [6.45, 7) is 0.457. The van der Waals surface area contributed by atoms with Crippen LogP contribution in [0.1, 0.15) is 21.7 Å². The highest BCUT2D eigenvalue weighted by Gasteiger charge is 2.17. The fourth-order valence-electron chi connectivity index (χ4n) is 2.16. The molecule has 0 saturated heterocycles. The van der Waals surface area contributed by atoms with Crippen LogP contribution < -0.4 is 5.32 Å². The molecule has 0 aliphatic heterocycles. The Hall–Kier alpha value is -3.24. The molecule has 3 rings (SSSR count). The van der Waals surface area contributed by atoms with Crippen molar-refractivity contribution in [2.45, 2.75) is 6.54 Å². The summed E-state index contributed by atoms with van der Waals surface area (Å²) in [4.78, 5) is 16.1. The molecule has 0 unspecified atom stereocenters. The number of hydrogen-bond donors (Lipinski definition) is 1. The Morgan fingerprint density at radius 1 is 1.28 bits per heavy atom. The van der Waals surface area contributed by atoms with Gasteiger partial charge in [-0.1, -0.05) is 41.9 Å². The zero-order valence-corrected chi connectivity index (χ0v) is 13.5. The summed E-state index contributed by atoms with van der Waals surface area (Å²) in [5.74, 6) is -1.65. The predicted octanol–water partition coefficient (Wildman–Crippen LogP) is 3.24. The first-order valence-corrected chi connectivity index (χ1v) is 7.59. The molecule has 8 heteroatoms. The molecule has 2 aromatic carbocycles. The summed E-state index contributed by atoms with van der Waals surface area (Å²) in [5, 5.41) is 14.9. The van der Waals surface area contributed by atoms with Gasteiger partial charge < -0.3 is 5.32 Å². The third-order valence-corrected chi connectivity index (χ3v) is 3.75. The minimum absolute atomic E-state index is 0.0116. The number of carbonyl (C=O) groups excluding carboxylic acids is 1. The first kappa shape index (κ1) is 16.6. The maximum absolute atomic E-state index is 14.1. The number of benzene rings is 2. The molecule has 25 heavy (non-hydrogen) atoms. The van der Waals surface area contributed by atoms with E-state index in [4.69, 9.17) is 16.9 Å². The second-order valence-electron chi connectivity index (χ2n) is 5.11. The lowest BCUT2D eigenvalue weighted by Gasteiger charge is -2.06. The Morgan fingerprint density at radius 2 is 2.04 bits per heavy atom. The molecule has 1 aromatic heterocycles. The summed E-state index contributed by atoms with van der Waals surface area (Å²) in [6.07, 6.45) is 1.42. The lowest BCUT2D eigenvalue weighted by atomic mass is 10.2. The van der Waals surface area contributed by atoms with Gasteiger partial charge in [0.2, 0.25) is 5.82 Å². The first-order chi connectivity index (χ1) is 12.1. The fourth-order valence-corrected chi connectivity index (χ4v) is 2.36. The monoisotopic (exact) mass is 355 g/mol. The normalized spacial score (nSPS) is 10.3. The minimum atomic E-state index is -0.877. The molecule has 3 aromatic rings. The van der Waals surface area contributed by atoms with Crippen LogP contribution in [0.25, 0.3) is 0 Å². The average molecular weight is 356 g/mol. The second-order valence-corrected chi connectivity index (χ2v) is 5.48. The topological polar surface area (TPSA) is 83.6 Å². The molecule has 124 valence electrons. The lowest BCUT2D eigenvalue weighted by molar-refractivity contribution is 0.101. The van der Waals surface area contributed by atoms with E-state index in [0.29, 0.717) is 6.54 Å². The number of aromatic nitrogens is 3. The quantitative estimate of drug-likeness (QED) is 0.778. The van der Waals surface area contributed by atoms with Gasteiger partial charge in [-0.2, -0.15) is 5.26 Å².